The van der Waals surface area contributed by atoms with Crippen LogP contribution in [0.4, 0.5) is 0 Å². The molecule has 0 spiro atoms. The molecule has 1 aromatic carbocycles. The number of rotatable bonds is 4. The lowest BCUT2D eigenvalue weighted by Gasteiger charge is -2.22. The molecule has 0 aliphatic heterocycles. The molecule has 3 nitrogen and oxygen atoms in total. The van der Waals surface area contributed by atoms with Crippen LogP contribution in [0.15, 0.2) is 54.9 Å². The normalized spacial score (nSPS) is 14.1. The first-order valence-corrected chi connectivity index (χ1v) is 6.59. The van der Waals surface area contributed by atoms with Crippen molar-refractivity contribution in [3.8, 4) is 0 Å². The topological polar surface area (TPSA) is 33.2 Å². The van der Waals surface area contributed by atoms with Crippen molar-refractivity contribution in [1.82, 2.24) is 9.88 Å². The molecule has 0 saturated heterocycles. The molecule has 3 heteroatoms. The van der Waals surface area contributed by atoms with Crippen LogP contribution in [0.2, 0.25) is 0 Å². The van der Waals surface area contributed by atoms with Gasteiger partial charge in [-0.1, -0.05) is 24.3 Å². The minimum absolute atomic E-state index is 0.118. The van der Waals surface area contributed by atoms with Crippen LogP contribution in [0.25, 0.3) is 0 Å². The molecule has 3 rings (SSSR count). The minimum Gasteiger partial charge on any atom is -0.331 e. The lowest BCUT2D eigenvalue weighted by Crippen LogP contribution is -2.32. The molecule has 1 amide bonds. The van der Waals surface area contributed by atoms with Gasteiger partial charge in [-0.25, -0.2) is 0 Å². The fourth-order valence-corrected chi connectivity index (χ4v) is 2.19. The van der Waals surface area contributed by atoms with Gasteiger partial charge in [0.05, 0.1) is 0 Å². The predicted octanol–water partition coefficient (Wildman–Crippen LogP) is 2.89. The maximum Gasteiger partial charge on any atom is 0.254 e. The minimum atomic E-state index is 0.118. The summed E-state index contributed by atoms with van der Waals surface area (Å²) in [5, 5.41) is 0. The fourth-order valence-electron chi connectivity index (χ4n) is 2.19. The van der Waals surface area contributed by atoms with E-state index < -0.39 is 0 Å². The Morgan fingerprint density at radius 1 is 1.16 bits per heavy atom. The smallest absolute Gasteiger partial charge is 0.254 e. The van der Waals surface area contributed by atoms with E-state index in [1.54, 1.807) is 6.20 Å². The van der Waals surface area contributed by atoms with Crippen LogP contribution >= 0.6 is 0 Å². The van der Waals surface area contributed by atoms with Crippen LogP contribution in [0, 0.1) is 0 Å². The monoisotopic (exact) mass is 252 g/mol. The van der Waals surface area contributed by atoms with Crippen LogP contribution in [0.5, 0.6) is 0 Å². The Hall–Kier alpha value is -2.16. The van der Waals surface area contributed by atoms with Crippen molar-refractivity contribution in [2.75, 3.05) is 0 Å². The molecular weight excluding hydrogens is 236 g/mol. The molecule has 1 heterocycles. The molecule has 1 aromatic heterocycles. The second-order valence-electron chi connectivity index (χ2n) is 4.89. The number of benzene rings is 1. The van der Waals surface area contributed by atoms with Crippen molar-refractivity contribution in [2.45, 2.75) is 25.4 Å². The third-order valence-electron chi connectivity index (χ3n) is 3.34. The van der Waals surface area contributed by atoms with Gasteiger partial charge in [0.15, 0.2) is 0 Å². The number of carbonyl (C=O) groups excluding carboxylic acids is 1. The highest BCUT2D eigenvalue weighted by molar-refractivity contribution is 5.94. The van der Waals surface area contributed by atoms with Gasteiger partial charge in [0.25, 0.3) is 5.91 Å². The number of pyridine rings is 1. The Morgan fingerprint density at radius 3 is 2.58 bits per heavy atom. The highest BCUT2D eigenvalue weighted by Gasteiger charge is 2.32. The lowest BCUT2D eigenvalue weighted by molar-refractivity contribution is 0.0730. The summed E-state index contributed by atoms with van der Waals surface area (Å²) in [5.41, 5.74) is 1.84. The van der Waals surface area contributed by atoms with Gasteiger partial charge >= 0.3 is 0 Å². The number of amides is 1. The summed E-state index contributed by atoms with van der Waals surface area (Å²) in [6, 6.07) is 13.8. The fraction of sp³-hybridized carbons (Fsp3) is 0.250. The molecule has 0 unspecified atom stereocenters. The molecule has 1 saturated carbocycles. The first kappa shape index (κ1) is 11.9. The number of hydrogen-bond donors (Lipinski definition) is 0. The quantitative estimate of drug-likeness (QED) is 0.838. The Bertz CT molecular complexity index is 549. The second kappa shape index (κ2) is 5.22. The zero-order chi connectivity index (χ0) is 13.1. The van der Waals surface area contributed by atoms with Crippen molar-refractivity contribution >= 4 is 5.91 Å². The third-order valence-corrected chi connectivity index (χ3v) is 3.34. The summed E-state index contributed by atoms with van der Waals surface area (Å²) in [4.78, 5) is 18.6. The predicted molar refractivity (Wildman–Crippen MR) is 73.6 cm³/mol. The Balaban J connectivity index is 1.80. The summed E-state index contributed by atoms with van der Waals surface area (Å²) in [6.45, 7) is 0.645. The van der Waals surface area contributed by atoms with Crippen LogP contribution in [0.1, 0.15) is 28.8 Å². The zero-order valence-corrected chi connectivity index (χ0v) is 10.7. The van der Waals surface area contributed by atoms with Crippen molar-refractivity contribution < 1.29 is 4.79 Å². The van der Waals surface area contributed by atoms with Crippen LogP contribution in [0.3, 0.4) is 0 Å². The summed E-state index contributed by atoms with van der Waals surface area (Å²) in [7, 11) is 0. The highest BCUT2D eigenvalue weighted by atomic mass is 16.2. The molecule has 1 aliphatic carbocycles. The Morgan fingerprint density at radius 2 is 1.95 bits per heavy atom. The van der Waals surface area contributed by atoms with Crippen LogP contribution < -0.4 is 0 Å². The molecule has 96 valence electrons. The first-order chi connectivity index (χ1) is 9.34. The Labute approximate surface area is 112 Å². The summed E-state index contributed by atoms with van der Waals surface area (Å²) in [6.07, 6.45) is 5.80. The van der Waals surface area contributed by atoms with Gasteiger partial charge in [-0.2, -0.15) is 0 Å². The molecular formula is C16H16N2O. The van der Waals surface area contributed by atoms with Gasteiger partial charge in [-0.05, 0) is 36.6 Å². The maximum atomic E-state index is 12.5. The molecule has 1 fully saturated rings. The third kappa shape index (κ3) is 2.81. The zero-order valence-electron chi connectivity index (χ0n) is 10.7. The second-order valence-corrected chi connectivity index (χ2v) is 4.89. The molecule has 0 N–H and O–H groups in total. The molecule has 0 atom stereocenters. The highest BCUT2D eigenvalue weighted by Crippen LogP contribution is 2.29. The van der Waals surface area contributed by atoms with Gasteiger partial charge in [0.2, 0.25) is 0 Å². The van der Waals surface area contributed by atoms with Crippen molar-refractivity contribution in [3.63, 3.8) is 0 Å². The molecule has 0 bridgehead atoms. The largest absolute Gasteiger partial charge is 0.331 e. The summed E-state index contributed by atoms with van der Waals surface area (Å²) in [5.74, 6) is 0.118. The van der Waals surface area contributed by atoms with E-state index in [-0.39, 0.29) is 5.91 Å². The molecule has 0 radical (unpaired) electrons. The number of carbonyl (C=O) groups is 1. The molecule has 2 aromatic rings. The summed E-state index contributed by atoms with van der Waals surface area (Å²) >= 11 is 0. The van der Waals surface area contributed by atoms with Gasteiger partial charge in [-0.15, -0.1) is 0 Å². The number of hydrogen-bond acceptors (Lipinski definition) is 2. The van der Waals surface area contributed by atoms with Crippen LogP contribution in [-0.4, -0.2) is 21.8 Å². The Kier molecular flexibility index (Phi) is 3.27. The summed E-state index contributed by atoms with van der Waals surface area (Å²) < 4.78 is 0. The standard InChI is InChI=1S/C16H16N2O/c19-16(14-6-2-1-3-7-14)18(15-8-9-15)12-13-5-4-10-17-11-13/h1-7,10-11,15H,8-9,12H2. The number of aromatic nitrogens is 1. The maximum absolute atomic E-state index is 12.5. The van der Waals surface area contributed by atoms with Gasteiger partial charge in [0.1, 0.15) is 0 Å². The van der Waals surface area contributed by atoms with Crippen LogP contribution in [-0.2, 0) is 6.54 Å². The SMILES string of the molecule is O=C(c1ccccc1)N(Cc1cccnc1)C1CC1. The van der Waals surface area contributed by atoms with E-state index in [1.165, 1.54) is 0 Å². The average molecular weight is 252 g/mol. The molecule has 1 aliphatic rings. The van der Waals surface area contributed by atoms with E-state index in [9.17, 15) is 4.79 Å². The van der Waals surface area contributed by atoms with E-state index in [0.29, 0.717) is 12.6 Å². The van der Waals surface area contributed by atoms with E-state index >= 15 is 0 Å². The lowest BCUT2D eigenvalue weighted by atomic mass is 10.1. The average Bonchev–Trinajstić information content (AvgIpc) is 3.31. The van der Waals surface area contributed by atoms with Crippen molar-refractivity contribution in [1.29, 1.82) is 0 Å². The van der Waals surface area contributed by atoms with E-state index in [0.717, 1.165) is 24.0 Å². The van der Waals surface area contributed by atoms with Gasteiger partial charge in [0, 0.05) is 30.5 Å². The van der Waals surface area contributed by atoms with E-state index in [4.69, 9.17) is 0 Å². The van der Waals surface area contributed by atoms with Gasteiger partial charge in [-0.3, -0.25) is 9.78 Å². The van der Waals surface area contributed by atoms with E-state index in [1.807, 2.05) is 53.6 Å². The number of nitrogens with zero attached hydrogens (tertiary/aromatic N) is 2. The van der Waals surface area contributed by atoms with E-state index in [2.05, 4.69) is 4.98 Å². The van der Waals surface area contributed by atoms with Crippen molar-refractivity contribution in [2.24, 2.45) is 0 Å². The first-order valence-electron chi connectivity index (χ1n) is 6.59. The van der Waals surface area contributed by atoms with Crippen molar-refractivity contribution in [3.05, 3.63) is 66.0 Å². The van der Waals surface area contributed by atoms with Gasteiger partial charge < -0.3 is 4.90 Å². The molecule has 19 heavy (non-hydrogen) atoms.